The van der Waals surface area contributed by atoms with Crippen LogP contribution in [-0.2, 0) is 27.5 Å². The fourth-order valence-electron chi connectivity index (χ4n) is 2.75. The van der Waals surface area contributed by atoms with Crippen LogP contribution in [0.1, 0.15) is 42.8 Å². The van der Waals surface area contributed by atoms with Crippen molar-refractivity contribution in [3.8, 4) is 0 Å². The lowest BCUT2D eigenvalue weighted by Crippen LogP contribution is -2.36. The number of hydrogen-bond donors (Lipinski definition) is 1. The lowest BCUT2D eigenvalue weighted by molar-refractivity contribution is -0.142. The van der Waals surface area contributed by atoms with Gasteiger partial charge in [-0.05, 0) is 6.92 Å². The van der Waals surface area contributed by atoms with Crippen LogP contribution in [0.15, 0.2) is 16.3 Å². The van der Waals surface area contributed by atoms with E-state index in [0.29, 0.717) is 41.6 Å². The third-order valence-corrected chi connectivity index (χ3v) is 3.74. The SMILES string of the molecule is CC(=O)NC1=C(C)C(=O)c2nc(COC(C)=O)n3c2C1=NCC3. The first kappa shape index (κ1) is 15.1. The first-order valence-corrected chi connectivity index (χ1v) is 7.21. The number of carbonyl (C=O) groups is 3. The summed E-state index contributed by atoms with van der Waals surface area (Å²) < 4.78 is 6.83. The summed E-state index contributed by atoms with van der Waals surface area (Å²) in [6.07, 6.45) is 0. The van der Waals surface area contributed by atoms with Gasteiger partial charge in [-0.15, -0.1) is 0 Å². The van der Waals surface area contributed by atoms with Crippen molar-refractivity contribution in [2.45, 2.75) is 33.9 Å². The molecule has 8 heteroatoms. The molecule has 1 aliphatic carbocycles. The monoisotopic (exact) mass is 316 g/mol. The van der Waals surface area contributed by atoms with Crippen molar-refractivity contribution >= 4 is 23.4 Å². The van der Waals surface area contributed by atoms with Gasteiger partial charge in [-0.1, -0.05) is 0 Å². The summed E-state index contributed by atoms with van der Waals surface area (Å²) in [6.45, 7) is 5.37. The van der Waals surface area contributed by atoms with Crippen molar-refractivity contribution in [3.63, 3.8) is 0 Å². The summed E-state index contributed by atoms with van der Waals surface area (Å²) in [5.74, 6) is -0.437. The summed E-state index contributed by atoms with van der Waals surface area (Å²) in [5, 5.41) is 2.69. The third-order valence-electron chi connectivity index (χ3n) is 3.74. The average molecular weight is 316 g/mol. The predicted molar refractivity (Wildman–Crippen MR) is 79.9 cm³/mol. The van der Waals surface area contributed by atoms with E-state index in [-0.39, 0.29) is 24.0 Å². The highest BCUT2D eigenvalue weighted by molar-refractivity contribution is 6.28. The van der Waals surface area contributed by atoms with Gasteiger partial charge in [-0.25, -0.2) is 4.98 Å². The number of rotatable bonds is 3. The molecule has 1 aliphatic heterocycles. The Hall–Kier alpha value is -2.77. The Morgan fingerprint density at radius 3 is 2.74 bits per heavy atom. The van der Waals surface area contributed by atoms with Gasteiger partial charge < -0.3 is 14.6 Å². The van der Waals surface area contributed by atoms with Crippen molar-refractivity contribution < 1.29 is 19.1 Å². The molecule has 0 saturated heterocycles. The molecule has 1 amide bonds. The number of nitrogens with one attached hydrogen (secondary N) is 1. The van der Waals surface area contributed by atoms with E-state index in [2.05, 4.69) is 15.3 Å². The number of allylic oxidation sites excluding steroid dienone is 2. The van der Waals surface area contributed by atoms with Gasteiger partial charge in [0.25, 0.3) is 0 Å². The van der Waals surface area contributed by atoms with Crippen molar-refractivity contribution in [1.29, 1.82) is 0 Å². The molecule has 1 N–H and O–H groups in total. The molecule has 8 nitrogen and oxygen atoms in total. The summed E-state index contributed by atoms with van der Waals surface area (Å²) in [5.41, 5.74) is 2.25. The summed E-state index contributed by atoms with van der Waals surface area (Å²) in [6, 6.07) is 0. The van der Waals surface area contributed by atoms with Crippen LogP contribution < -0.4 is 5.32 Å². The number of carbonyl (C=O) groups excluding carboxylic acids is 3. The fraction of sp³-hybridized carbons (Fsp3) is 0.400. The van der Waals surface area contributed by atoms with Crippen LogP contribution >= 0.6 is 0 Å². The molecular weight excluding hydrogens is 300 g/mol. The number of amides is 1. The lowest BCUT2D eigenvalue weighted by Gasteiger charge is -2.24. The second-order valence-corrected chi connectivity index (χ2v) is 5.40. The van der Waals surface area contributed by atoms with Gasteiger partial charge >= 0.3 is 5.97 Å². The molecule has 0 unspecified atom stereocenters. The highest BCUT2D eigenvalue weighted by Crippen LogP contribution is 2.28. The first-order valence-electron chi connectivity index (χ1n) is 7.21. The van der Waals surface area contributed by atoms with Gasteiger partial charge in [-0.3, -0.25) is 19.4 Å². The molecule has 2 heterocycles. The van der Waals surface area contributed by atoms with E-state index >= 15 is 0 Å². The average Bonchev–Trinajstić information content (AvgIpc) is 2.87. The van der Waals surface area contributed by atoms with Gasteiger partial charge in [0, 0.05) is 26.0 Å². The Kier molecular flexibility index (Phi) is 3.59. The minimum atomic E-state index is -0.414. The van der Waals surface area contributed by atoms with Crippen LogP contribution in [0.2, 0.25) is 0 Å². The van der Waals surface area contributed by atoms with E-state index in [1.54, 1.807) is 6.92 Å². The van der Waals surface area contributed by atoms with Crippen LogP contribution in [0.4, 0.5) is 0 Å². The lowest BCUT2D eigenvalue weighted by atomic mass is 9.94. The van der Waals surface area contributed by atoms with E-state index in [9.17, 15) is 14.4 Å². The second-order valence-electron chi connectivity index (χ2n) is 5.40. The third kappa shape index (κ3) is 2.45. The number of imidazole rings is 1. The number of hydrogen-bond acceptors (Lipinski definition) is 6. The molecule has 0 aromatic carbocycles. The van der Waals surface area contributed by atoms with Crippen molar-refractivity contribution in [3.05, 3.63) is 28.5 Å². The van der Waals surface area contributed by atoms with E-state index in [1.807, 2.05) is 4.57 Å². The van der Waals surface area contributed by atoms with E-state index in [1.165, 1.54) is 13.8 Å². The maximum atomic E-state index is 12.5. The summed E-state index contributed by atoms with van der Waals surface area (Å²) >= 11 is 0. The molecule has 1 aromatic rings. The summed E-state index contributed by atoms with van der Waals surface area (Å²) in [7, 11) is 0. The van der Waals surface area contributed by atoms with Gasteiger partial charge in [-0.2, -0.15) is 0 Å². The van der Waals surface area contributed by atoms with Crippen LogP contribution in [0.25, 0.3) is 0 Å². The molecule has 0 spiro atoms. The Morgan fingerprint density at radius 1 is 1.35 bits per heavy atom. The Morgan fingerprint density at radius 2 is 2.09 bits per heavy atom. The number of nitrogens with zero attached hydrogens (tertiary/aromatic N) is 3. The predicted octanol–water partition coefficient (Wildman–Crippen LogP) is 0.355. The zero-order chi connectivity index (χ0) is 16.7. The molecule has 0 bridgehead atoms. The van der Waals surface area contributed by atoms with E-state index < -0.39 is 5.97 Å². The topological polar surface area (TPSA) is 103 Å². The Balaban J connectivity index is 2.10. The zero-order valence-corrected chi connectivity index (χ0v) is 13.1. The molecule has 0 radical (unpaired) electrons. The number of esters is 1. The minimum absolute atomic E-state index is 0.00257. The van der Waals surface area contributed by atoms with Gasteiger partial charge in [0.15, 0.2) is 0 Å². The quantitative estimate of drug-likeness (QED) is 0.811. The largest absolute Gasteiger partial charge is 0.458 e. The summed E-state index contributed by atoms with van der Waals surface area (Å²) in [4.78, 5) is 43.8. The minimum Gasteiger partial charge on any atom is -0.458 e. The normalized spacial score (nSPS) is 16.0. The number of ketones is 1. The molecule has 0 fully saturated rings. The Bertz CT molecular complexity index is 801. The molecular formula is C15H16N4O4. The fourth-order valence-corrected chi connectivity index (χ4v) is 2.75. The van der Waals surface area contributed by atoms with Gasteiger partial charge in [0.05, 0.1) is 12.2 Å². The van der Waals surface area contributed by atoms with E-state index in [4.69, 9.17) is 4.74 Å². The molecule has 0 saturated carbocycles. The van der Waals surface area contributed by atoms with Crippen LogP contribution in [0.3, 0.4) is 0 Å². The highest BCUT2D eigenvalue weighted by atomic mass is 16.5. The van der Waals surface area contributed by atoms with Crippen LogP contribution in [-0.4, -0.2) is 39.5 Å². The van der Waals surface area contributed by atoms with Crippen LogP contribution in [0.5, 0.6) is 0 Å². The van der Waals surface area contributed by atoms with E-state index in [0.717, 1.165) is 0 Å². The molecule has 0 atom stereocenters. The van der Waals surface area contributed by atoms with Gasteiger partial charge in [0.2, 0.25) is 11.7 Å². The number of aliphatic imine (C=N–C) groups is 1. The van der Waals surface area contributed by atoms with Crippen molar-refractivity contribution in [2.24, 2.45) is 4.99 Å². The second kappa shape index (κ2) is 5.45. The zero-order valence-electron chi connectivity index (χ0n) is 13.1. The van der Waals surface area contributed by atoms with Crippen molar-refractivity contribution in [1.82, 2.24) is 14.9 Å². The highest BCUT2D eigenvalue weighted by Gasteiger charge is 2.36. The van der Waals surface area contributed by atoms with Gasteiger partial charge in [0.1, 0.15) is 29.5 Å². The Labute approximate surface area is 132 Å². The van der Waals surface area contributed by atoms with Crippen molar-refractivity contribution in [2.75, 3.05) is 6.54 Å². The number of aromatic nitrogens is 2. The molecule has 23 heavy (non-hydrogen) atoms. The smallest absolute Gasteiger partial charge is 0.303 e. The van der Waals surface area contributed by atoms with Crippen LogP contribution in [0, 0.1) is 0 Å². The first-order chi connectivity index (χ1) is 10.9. The molecule has 2 aliphatic rings. The molecule has 1 aromatic heterocycles. The number of ether oxygens (including phenoxy) is 1. The number of Topliss-reactive ketones (excluding diaryl/α,β-unsaturated/α-hetero) is 1. The maximum Gasteiger partial charge on any atom is 0.303 e. The maximum absolute atomic E-state index is 12.5. The molecule has 3 rings (SSSR count). The molecule has 120 valence electrons. The standard InChI is InChI=1S/C15H16N4O4/c1-7-11(17-8(2)20)12-14-13(15(7)22)18-10(6-23-9(3)21)19(14)5-4-16-12/h4-6H2,1-3H3,(H,17,20).